The summed E-state index contributed by atoms with van der Waals surface area (Å²) in [5.74, 6) is 1.29. The van der Waals surface area contributed by atoms with Gasteiger partial charge in [0, 0.05) is 25.1 Å². The molecule has 1 heterocycles. The summed E-state index contributed by atoms with van der Waals surface area (Å²) < 4.78 is 5.18. The molecule has 1 N–H and O–H groups in total. The highest BCUT2D eigenvalue weighted by atomic mass is 16.5. The highest BCUT2D eigenvalue weighted by Gasteiger charge is 2.33. The topological polar surface area (TPSA) is 58.6 Å². The number of carbonyl (C=O) groups is 2. The molecular formula is C24H28N2O3. The number of nitrogens with one attached hydrogen (secondary N) is 1. The van der Waals surface area contributed by atoms with Crippen LogP contribution < -0.4 is 10.1 Å². The predicted molar refractivity (Wildman–Crippen MR) is 112 cm³/mol. The third kappa shape index (κ3) is 4.67. The lowest BCUT2D eigenvalue weighted by Gasteiger charge is -2.32. The quantitative estimate of drug-likeness (QED) is 0.834. The van der Waals surface area contributed by atoms with Gasteiger partial charge in [-0.05, 0) is 68.0 Å². The molecule has 5 heteroatoms. The standard InChI is InChI=1S/C24H28N2O3/c1-25-24(28)29-21-8-7-19-14-20(23(27)22(19)15-21)13-17-9-11-26(12-10-17)16-18-5-3-2-4-6-18/h2-8,15,17,20H,9-14,16H2,1H3,(H,25,28). The molecule has 152 valence electrons. The zero-order chi connectivity index (χ0) is 20.2. The maximum absolute atomic E-state index is 12.9. The minimum atomic E-state index is -0.519. The third-order valence-electron chi connectivity index (χ3n) is 6.17. The van der Waals surface area contributed by atoms with E-state index >= 15 is 0 Å². The fraction of sp³-hybridized carbons (Fsp3) is 0.417. The molecule has 2 aromatic carbocycles. The van der Waals surface area contributed by atoms with Crippen molar-refractivity contribution in [3.63, 3.8) is 0 Å². The summed E-state index contributed by atoms with van der Waals surface area (Å²) in [6.07, 6.45) is 3.54. The van der Waals surface area contributed by atoms with Crippen LogP contribution >= 0.6 is 0 Å². The van der Waals surface area contributed by atoms with Crippen LogP contribution in [0, 0.1) is 11.8 Å². The van der Waals surface area contributed by atoms with Gasteiger partial charge in [0.05, 0.1) is 0 Å². The van der Waals surface area contributed by atoms with Crippen molar-refractivity contribution in [2.24, 2.45) is 11.8 Å². The first kappa shape index (κ1) is 19.6. The average Bonchev–Trinajstić information content (AvgIpc) is 3.05. The monoisotopic (exact) mass is 392 g/mol. The number of benzene rings is 2. The van der Waals surface area contributed by atoms with E-state index in [1.807, 2.05) is 6.07 Å². The molecule has 2 aromatic rings. The number of fused-ring (bicyclic) bond motifs is 1. The molecule has 5 nitrogen and oxygen atoms in total. The van der Waals surface area contributed by atoms with Crippen molar-refractivity contribution in [3.8, 4) is 5.75 Å². The van der Waals surface area contributed by atoms with Gasteiger partial charge in [0.15, 0.2) is 5.78 Å². The minimum absolute atomic E-state index is 0.0610. The van der Waals surface area contributed by atoms with Gasteiger partial charge in [0.1, 0.15) is 5.75 Å². The van der Waals surface area contributed by atoms with E-state index in [2.05, 4.69) is 40.5 Å². The number of piperidine rings is 1. The Hall–Kier alpha value is -2.66. The summed E-state index contributed by atoms with van der Waals surface area (Å²) in [6, 6.07) is 16.0. The summed E-state index contributed by atoms with van der Waals surface area (Å²) in [7, 11) is 1.52. The van der Waals surface area contributed by atoms with Crippen LogP contribution in [-0.4, -0.2) is 36.9 Å². The number of likely N-dealkylation sites (tertiary alicyclic amines) is 1. The molecule has 1 aliphatic carbocycles. The summed E-state index contributed by atoms with van der Waals surface area (Å²) in [6.45, 7) is 3.20. The smallest absolute Gasteiger partial charge is 0.410 e. The Morgan fingerprint density at radius 2 is 1.90 bits per heavy atom. The lowest BCUT2D eigenvalue weighted by molar-refractivity contribution is 0.0895. The zero-order valence-electron chi connectivity index (χ0n) is 16.9. The second kappa shape index (κ2) is 8.78. The number of hydrogen-bond acceptors (Lipinski definition) is 4. The Kier molecular flexibility index (Phi) is 5.95. The van der Waals surface area contributed by atoms with Crippen LogP contribution in [0.5, 0.6) is 5.75 Å². The Labute approximate surface area is 172 Å². The van der Waals surface area contributed by atoms with Crippen LogP contribution in [0.25, 0.3) is 0 Å². The number of Topliss-reactive ketones (excluding diaryl/α,β-unsaturated/α-hetero) is 1. The fourth-order valence-corrected chi connectivity index (χ4v) is 4.58. The first-order valence-electron chi connectivity index (χ1n) is 10.5. The first-order valence-corrected chi connectivity index (χ1v) is 10.5. The molecule has 29 heavy (non-hydrogen) atoms. The van der Waals surface area contributed by atoms with Gasteiger partial charge in [-0.2, -0.15) is 0 Å². The van der Waals surface area contributed by atoms with Gasteiger partial charge in [-0.25, -0.2) is 4.79 Å². The van der Waals surface area contributed by atoms with Crippen molar-refractivity contribution in [3.05, 3.63) is 65.2 Å². The molecule has 1 amide bonds. The molecule has 0 spiro atoms. The highest BCUT2D eigenvalue weighted by Crippen LogP contribution is 2.35. The molecule has 1 unspecified atom stereocenters. The normalized spacial score (nSPS) is 19.8. The number of carbonyl (C=O) groups excluding carboxylic acids is 2. The van der Waals surface area contributed by atoms with Gasteiger partial charge in [-0.1, -0.05) is 36.4 Å². The van der Waals surface area contributed by atoms with E-state index in [1.54, 1.807) is 12.1 Å². The van der Waals surface area contributed by atoms with Crippen LogP contribution in [0.15, 0.2) is 48.5 Å². The molecule has 1 fully saturated rings. The SMILES string of the molecule is CNC(=O)Oc1ccc2c(c1)C(=O)C(CC1CCN(Cc3ccccc3)CC1)C2. The van der Waals surface area contributed by atoms with Gasteiger partial charge in [0.2, 0.25) is 0 Å². The zero-order valence-corrected chi connectivity index (χ0v) is 16.9. The molecule has 0 aromatic heterocycles. The van der Waals surface area contributed by atoms with E-state index in [4.69, 9.17) is 4.74 Å². The van der Waals surface area contributed by atoms with E-state index in [1.165, 1.54) is 12.6 Å². The van der Waals surface area contributed by atoms with Crippen molar-refractivity contribution in [2.75, 3.05) is 20.1 Å². The molecule has 0 radical (unpaired) electrons. The Morgan fingerprint density at radius 3 is 2.62 bits per heavy atom. The van der Waals surface area contributed by atoms with E-state index in [-0.39, 0.29) is 11.7 Å². The second-order valence-corrected chi connectivity index (χ2v) is 8.16. The second-order valence-electron chi connectivity index (χ2n) is 8.16. The molecular weight excluding hydrogens is 364 g/mol. The van der Waals surface area contributed by atoms with Crippen LogP contribution in [0.4, 0.5) is 4.79 Å². The maximum Gasteiger partial charge on any atom is 0.412 e. The highest BCUT2D eigenvalue weighted by molar-refractivity contribution is 6.02. The number of ketones is 1. The van der Waals surface area contributed by atoms with Crippen molar-refractivity contribution in [1.82, 2.24) is 10.2 Å². The lowest BCUT2D eigenvalue weighted by Crippen LogP contribution is -2.34. The maximum atomic E-state index is 12.9. The summed E-state index contributed by atoms with van der Waals surface area (Å²) in [5, 5.41) is 2.42. The average molecular weight is 392 g/mol. The van der Waals surface area contributed by atoms with Crippen LogP contribution in [0.2, 0.25) is 0 Å². The van der Waals surface area contributed by atoms with Gasteiger partial charge in [-0.3, -0.25) is 9.69 Å². The largest absolute Gasteiger partial charge is 0.412 e. The van der Waals surface area contributed by atoms with Gasteiger partial charge in [0.25, 0.3) is 0 Å². The van der Waals surface area contributed by atoms with Crippen LogP contribution in [0.1, 0.15) is 40.7 Å². The Morgan fingerprint density at radius 1 is 1.14 bits per heavy atom. The van der Waals surface area contributed by atoms with Crippen LogP contribution in [-0.2, 0) is 13.0 Å². The van der Waals surface area contributed by atoms with E-state index < -0.39 is 6.09 Å². The van der Waals surface area contributed by atoms with E-state index in [9.17, 15) is 9.59 Å². The molecule has 1 atom stereocenters. The Bertz CT molecular complexity index is 873. The first-order chi connectivity index (χ1) is 14.1. The van der Waals surface area contributed by atoms with Gasteiger partial charge < -0.3 is 10.1 Å². The predicted octanol–water partition coefficient (Wildman–Crippen LogP) is 4.06. The number of amides is 1. The number of hydrogen-bond donors (Lipinski definition) is 1. The molecule has 0 bridgehead atoms. The fourth-order valence-electron chi connectivity index (χ4n) is 4.58. The number of rotatable bonds is 5. The number of ether oxygens (including phenoxy) is 1. The van der Waals surface area contributed by atoms with Crippen molar-refractivity contribution < 1.29 is 14.3 Å². The molecule has 1 saturated heterocycles. The molecule has 2 aliphatic rings. The summed E-state index contributed by atoms with van der Waals surface area (Å²) in [4.78, 5) is 26.8. The van der Waals surface area contributed by atoms with Crippen molar-refractivity contribution >= 4 is 11.9 Å². The summed E-state index contributed by atoms with van der Waals surface area (Å²) >= 11 is 0. The molecule has 1 aliphatic heterocycles. The van der Waals surface area contributed by atoms with Crippen LogP contribution in [0.3, 0.4) is 0 Å². The van der Waals surface area contributed by atoms with Crippen molar-refractivity contribution in [1.29, 1.82) is 0 Å². The minimum Gasteiger partial charge on any atom is -0.410 e. The Balaban J connectivity index is 1.30. The van der Waals surface area contributed by atoms with E-state index in [0.717, 1.165) is 56.4 Å². The van der Waals surface area contributed by atoms with E-state index in [0.29, 0.717) is 11.7 Å². The molecule has 0 saturated carbocycles. The third-order valence-corrected chi connectivity index (χ3v) is 6.17. The lowest BCUT2D eigenvalue weighted by atomic mass is 9.85. The van der Waals surface area contributed by atoms with Gasteiger partial charge in [-0.15, -0.1) is 0 Å². The van der Waals surface area contributed by atoms with Crippen molar-refractivity contribution in [2.45, 2.75) is 32.2 Å². The molecule has 4 rings (SSSR count). The van der Waals surface area contributed by atoms with Gasteiger partial charge >= 0.3 is 6.09 Å². The summed E-state index contributed by atoms with van der Waals surface area (Å²) in [5.41, 5.74) is 3.16. The number of nitrogens with zero attached hydrogens (tertiary/aromatic N) is 1.